The van der Waals surface area contributed by atoms with E-state index in [2.05, 4.69) is 24.6 Å². The lowest BCUT2D eigenvalue weighted by Gasteiger charge is -2.16. The van der Waals surface area contributed by atoms with Gasteiger partial charge in [-0.1, -0.05) is 26.0 Å². The number of hydrogen-bond donors (Lipinski definition) is 2. The largest absolute Gasteiger partial charge is 0.326 e. The van der Waals surface area contributed by atoms with Crippen LogP contribution in [0.1, 0.15) is 39.3 Å². The maximum atomic E-state index is 11.0. The van der Waals surface area contributed by atoms with Gasteiger partial charge in [0.1, 0.15) is 0 Å². The average Bonchev–Trinajstić information content (AvgIpc) is 2.27. The van der Waals surface area contributed by atoms with E-state index >= 15 is 0 Å². The first-order valence-electron chi connectivity index (χ1n) is 6.24. The highest BCUT2D eigenvalue weighted by Crippen LogP contribution is 2.17. The Bertz CT molecular complexity index is 391. The summed E-state index contributed by atoms with van der Waals surface area (Å²) < 4.78 is 0. The molecule has 1 aromatic carbocycles. The van der Waals surface area contributed by atoms with Crippen LogP contribution in [0.25, 0.3) is 0 Å². The van der Waals surface area contributed by atoms with E-state index in [4.69, 9.17) is 4.84 Å². The molecule has 1 unspecified atom stereocenters. The van der Waals surface area contributed by atoms with Gasteiger partial charge in [0, 0.05) is 12.6 Å². The molecule has 2 N–H and O–H groups in total. The van der Waals surface area contributed by atoms with Crippen LogP contribution in [0.3, 0.4) is 0 Å². The molecule has 1 rings (SSSR count). The van der Waals surface area contributed by atoms with Crippen LogP contribution in [0.4, 0.5) is 5.69 Å². The highest BCUT2D eigenvalue weighted by Gasteiger charge is 2.06. The minimum atomic E-state index is -0.0659. The summed E-state index contributed by atoms with van der Waals surface area (Å²) in [5, 5.41) is 2.77. The third-order valence-electron chi connectivity index (χ3n) is 2.38. The molecule has 0 fully saturated rings. The number of carbonyl (C=O) groups excluding carboxylic acids is 1. The molecule has 0 aliphatic rings. The maximum absolute atomic E-state index is 11.0. The Balaban J connectivity index is 2.56. The standard InChI is InChI=1S/C14H22N2O2/c1-10(2)9-18-16-11(3)13-6-5-7-14(8-13)15-12(4)17/h5-8,10-11,16H,9H2,1-4H3,(H,15,17). The van der Waals surface area contributed by atoms with Crippen molar-refractivity contribution in [1.29, 1.82) is 0 Å². The summed E-state index contributed by atoms with van der Waals surface area (Å²) in [4.78, 5) is 16.4. The van der Waals surface area contributed by atoms with Gasteiger partial charge in [0.15, 0.2) is 0 Å². The first-order chi connectivity index (χ1) is 8.49. The summed E-state index contributed by atoms with van der Waals surface area (Å²) >= 11 is 0. The third-order valence-corrected chi connectivity index (χ3v) is 2.38. The van der Waals surface area contributed by atoms with Gasteiger partial charge in [0.25, 0.3) is 0 Å². The van der Waals surface area contributed by atoms with Crippen LogP contribution in [0.5, 0.6) is 0 Å². The molecule has 0 aliphatic carbocycles. The van der Waals surface area contributed by atoms with Gasteiger partial charge in [-0.25, -0.2) is 0 Å². The fourth-order valence-corrected chi connectivity index (χ4v) is 1.50. The minimum absolute atomic E-state index is 0.0659. The average molecular weight is 250 g/mol. The van der Waals surface area contributed by atoms with Crippen LogP contribution in [-0.2, 0) is 9.63 Å². The van der Waals surface area contributed by atoms with E-state index in [9.17, 15) is 4.79 Å². The van der Waals surface area contributed by atoms with E-state index in [0.29, 0.717) is 12.5 Å². The van der Waals surface area contributed by atoms with Gasteiger partial charge >= 0.3 is 0 Å². The van der Waals surface area contributed by atoms with E-state index in [1.807, 2.05) is 31.2 Å². The topological polar surface area (TPSA) is 50.4 Å². The number of benzene rings is 1. The summed E-state index contributed by atoms with van der Waals surface area (Å²) in [7, 11) is 0. The van der Waals surface area contributed by atoms with E-state index in [-0.39, 0.29) is 11.9 Å². The number of nitrogens with one attached hydrogen (secondary N) is 2. The van der Waals surface area contributed by atoms with Gasteiger partial charge in [-0.05, 0) is 30.5 Å². The molecule has 0 saturated heterocycles. The highest BCUT2D eigenvalue weighted by molar-refractivity contribution is 5.88. The summed E-state index contributed by atoms with van der Waals surface area (Å²) in [6, 6.07) is 7.81. The summed E-state index contributed by atoms with van der Waals surface area (Å²) in [6.07, 6.45) is 0. The van der Waals surface area contributed by atoms with Gasteiger partial charge in [-0.3, -0.25) is 4.79 Å². The van der Waals surface area contributed by atoms with Gasteiger partial charge in [-0.15, -0.1) is 0 Å². The Hall–Kier alpha value is -1.39. The molecule has 0 saturated carbocycles. The highest BCUT2D eigenvalue weighted by atomic mass is 16.6. The molecule has 0 radical (unpaired) electrons. The second-order valence-electron chi connectivity index (χ2n) is 4.85. The Labute approximate surface area is 109 Å². The van der Waals surface area contributed by atoms with Crippen molar-refractivity contribution in [1.82, 2.24) is 5.48 Å². The molecule has 1 amide bonds. The zero-order valence-electron chi connectivity index (χ0n) is 11.5. The van der Waals surface area contributed by atoms with Crippen LogP contribution in [0.2, 0.25) is 0 Å². The number of amides is 1. The molecule has 1 atom stereocenters. The molecule has 0 spiro atoms. The second kappa shape index (κ2) is 7.13. The fourth-order valence-electron chi connectivity index (χ4n) is 1.50. The Morgan fingerprint density at radius 3 is 2.67 bits per heavy atom. The van der Waals surface area contributed by atoms with Crippen molar-refractivity contribution in [2.45, 2.75) is 33.7 Å². The number of hydroxylamine groups is 1. The molecule has 4 heteroatoms. The zero-order valence-corrected chi connectivity index (χ0v) is 11.5. The summed E-state index contributed by atoms with van der Waals surface area (Å²) in [5.41, 5.74) is 4.88. The fraction of sp³-hybridized carbons (Fsp3) is 0.500. The van der Waals surface area contributed by atoms with Crippen LogP contribution in [-0.4, -0.2) is 12.5 Å². The molecule has 4 nitrogen and oxygen atoms in total. The molecular formula is C14H22N2O2. The van der Waals surface area contributed by atoms with E-state index in [1.165, 1.54) is 6.92 Å². The Morgan fingerprint density at radius 2 is 2.06 bits per heavy atom. The number of hydrogen-bond acceptors (Lipinski definition) is 3. The third kappa shape index (κ3) is 5.29. The zero-order chi connectivity index (χ0) is 13.5. The van der Waals surface area contributed by atoms with Crippen molar-refractivity contribution in [2.24, 2.45) is 5.92 Å². The van der Waals surface area contributed by atoms with Gasteiger partial charge in [-0.2, -0.15) is 5.48 Å². The maximum Gasteiger partial charge on any atom is 0.221 e. The van der Waals surface area contributed by atoms with Gasteiger partial charge in [0.05, 0.1) is 12.6 Å². The van der Waals surface area contributed by atoms with Crippen molar-refractivity contribution in [2.75, 3.05) is 11.9 Å². The molecule has 0 aliphatic heterocycles. The Kier molecular flexibility index (Phi) is 5.82. The predicted octanol–water partition coefficient (Wildman–Crippen LogP) is 2.88. The Morgan fingerprint density at radius 1 is 1.33 bits per heavy atom. The molecule has 100 valence electrons. The van der Waals surface area contributed by atoms with Crippen molar-refractivity contribution in [3.8, 4) is 0 Å². The lowest BCUT2D eigenvalue weighted by atomic mass is 10.1. The minimum Gasteiger partial charge on any atom is -0.326 e. The van der Waals surface area contributed by atoms with E-state index in [1.54, 1.807) is 0 Å². The summed E-state index contributed by atoms with van der Waals surface area (Å²) in [6.45, 7) is 8.40. The van der Waals surface area contributed by atoms with Gasteiger partial charge < -0.3 is 10.2 Å². The second-order valence-corrected chi connectivity index (χ2v) is 4.85. The van der Waals surface area contributed by atoms with Crippen LogP contribution < -0.4 is 10.8 Å². The SMILES string of the molecule is CC(=O)Nc1cccc(C(C)NOCC(C)C)c1. The van der Waals surface area contributed by atoms with Gasteiger partial charge in [0.2, 0.25) is 5.91 Å². The molecule has 0 heterocycles. The lowest BCUT2D eigenvalue weighted by Crippen LogP contribution is -2.21. The first kappa shape index (κ1) is 14.7. The molecule has 1 aromatic rings. The monoisotopic (exact) mass is 250 g/mol. The first-order valence-corrected chi connectivity index (χ1v) is 6.24. The molecule has 18 heavy (non-hydrogen) atoms. The predicted molar refractivity (Wildman–Crippen MR) is 73.1 cm³/mol. The number of anilines is 1. The van der Waals surface area contributed by atoms with Crippen LogP contribution in [0.15, 0.2) is 24.3 Å². The molecular weight excluding hydrogens is 228 g/mol. The van der Waals surface area contributed by atoms with E-state index < -0.39 is 0 Å². The molecule has 0 aromatic heterocycles. The number of carbonyl (C=O) groups is 1. The van der Waals surface area contributed by atoms with Crippen LogP contribution >= 0.6 is 0 Å². The normalized spacial score (nSPS) is 12.5. The number of rotatable bonds is 6. The quantitative estimate of drug-likeness (QED) is 0.763. The van der Waals surface area contributed by atoms with E-state index in [0.717, 1.165) is 11.3 Å². The van der Waals surface area contributed by atoms with Crippen molar-refractivity contribution in [3.05, 3.63) is 29.8 Å². The van der Waals surface area contributed by atoms with Crippen molar-refractivity contribution < 1.29 is 9.63 Å². The van der Waals surface area contributed by atoms with Crippen molar-refractivity contribution >= 4 is 11.6 Å². The van der Waals surface area contributed by atoms with Crippen LogP contribution in [0, 0.1) is 5.92 Å². The van der Waals surface area contributed by atoms with Crippen molar-refractivity contribution in [3.63, 3.8) is 0 Å². The lowest BCUT2D eigenvalue weighted by molar-refractivity contribution is -0.114. The smallest absolute Gasteiger partial charge is 0.221 e. The summed E-state index contributed by atoms with van der Waals surface area (Å²) in [5.74, 6) is 0.430. The molecule has 0 bridgehead atoms.